The maximum Gasteiger partial charge on any atom is 0.321 e. The normalized spacial score (nSPS) is 10.3. The van der Waals surface area contributed by atoms with Crippen LogP contribution in [0, 0.1) is 11.7 Å². The second kappa shape index (κ2) is 9.55. The maximum absolute atomic E-state index is 12.7. The van der Waals surface area contributed by atoms with Gasteiger partial charge in [-0.25, -0.2) is 9.18 Å². The lowest BCUT2D eigenvalue weighted by Crippen LogP contribution is -2.42. The summed E-state index contributed by atoms with van der Waals surface area (Å²) in [7, 11) is 0. The monoisotopic (exact) mass is 324 g/mol. The van der Waals surface area contributed by atoms with E-state index < -0.39 is 24.5 Å². The summed E-state index contributed by atoms with van der Waals surface area (Å²) in [5.74, 6) is -1.34. The Labute approximate surface area is 134 Å². The zero-order valence-corrected chi connectivity index (χ0v) is 13.2. The number of ether oxygens (including phenoxy) is 1. The molecule has 0 heterocycles. The van der Waals surface area contributed by atoms with Crippen molar-refractivity contribution in [2.24, 2.45) is 5.92 Å². The van der Waals surface area contributed by atoms with Gasteiger partial charge in [0.05, 0.1) is 0 Å². The van der Waals surface area contributed by atoms with Gasteiger partial charge in [-0.1, -0.05) is 26.0 Å². The van der Waals surface area contributed by atoms with Crippen LogP contribution in [0.3, 0.4) is 0 Å². The molecule has 1 rings (SSSR count). The zero-order chi connectivity index (χ0) is 17.2. The molecule has 0 aliphatic heterocycles. The van der Waals surface area contributed by atoms with Gasteiger partial charge in [0.2, 0.25) is 0 Å². The van der Waals surface area contributed by atoms with Gasteiger partial charge >= 0.3 is 12.0 Å². The molecular formula is C16H21FN2O4. The first-order chi connectivity index (χ1) is 10.9. The van der Waals surface area contributed by atoms with Crippen LogP contribution in [0.4, 0.5) is 9.18 Å². The van der Waals surface area contributed by atoms with Crippen LogP contribution in [0.25, 0.3) is 0 Å². The van der Waals surface area contributed by atoms with Gasteiger partial charge in [-0.2, -0.15) is 0 Å². The first-order valence-electron chi connectivity index (χ1n) is 7.34. The van der Waals surface area contributed by atoms with Crippen molar-refractivity contribution in [3.05, 3.63) is 35.6 Å². The van der Waals surface area contributed by atoms with Crippen LogP contribution in [-0.4, -0.2) is 31.1 Å². The number of urea groups is 1. The number of imide groups is 1. The predicted molar refractivity (Wildman–Crippen MR) is 82.1 cm³/mol. The summed E-state index contributed by atoms with van der Waals surface area (Å²) in [5, 5.41) is 4.57. The van der Waals surface area contributed by atoms with E-state index in [1.165, 1.54) is 12.1 Å². The molecule has 23 heavy (non-hydrogen) atoms. The summed E-state index contributed by atoms with van der Waals surface area (Å²) in [5.41, 5.74) is 0.792. The molecule has 0 atom stereocenters. The second-order valence-electron chi connectivity index (χ2n) is 5.44. The second-order valence-corrected chi connectivity index (χ2v) is 5.44. The SMILES string of the molecule is CC(C)CNC(=O)NC(=O)COC(=O)CCc1ccc(F)cc1. The van der Waals surface area contributed by atoms with E-state index in [2.05, 4.69) is 10.6 Å². The van der Waals surface area contributed by atoms with Gasteiger partial charge in [-0.05, 0) is 30.0 Å². The molecule has 0 radical (unpaired) electrons. The number of benzene rings is 1. The molecule has 1 aromatic carbocycles. The number of hydrogen-bond acceptors (Lipinski definition) is 4. The van der Waals surface area contributed by atoms with Gasteiger partial charge in [0, 0.05) is 13.0 Å². The number of esters is 1. The number of hydrogen-bond donors (Lipinski definition) is 2. The summed E-state index contributed by atoms with van der Waals surface area (Å²) in [6, 6.07) is 5.15. The Kier molecular flexibility index (Phi) is 7.73. The molecule has 0 spiro atoms. The molecule has 3 amide bonds. The number of carbonyl (C=O) groups is 3. The van der Waals surface area contributed by atoms with Crippen LogP contribution in [0.5, 0.6) is 0 Å². The molecule has 0 aliphatic carbocycles. The van der Waals surface area contributed by atoms with Gasteiger partial charge in [-0.15, -0.1) is 0 Å². The Hall–Kier alpha value is -2.44. The number of halogens is 1. The Balaban J connectivity index is 2.20. The number of amides is 3. The summed E-state index contributed by atoms with van der Waals surface area (Å²) >= 11 is 0. The van der Waals surface area contributed by atoms with Crippen molar-refractivity contribution in [2.45, 2.75) is 26.7 Å². The van der Waals surface area contributed by atoms with E-state index in [0.717, 1.165) is 5.56 Å². The van der Waals surface area contributed by atoms with Crippen molar-refractivity contribution < 1.29 is 23.5 Å². The van der Waals surface area contributed by atoms with Gasteiger partial charge in [0.15, 0.2) is 6.61 Å². The highest BCUT2D eigenvalue weighted by Gasteiger charge is 2.11. The molecule has 0 saturated heterocycles. The number of nitrogens with one attached hydrogen (secondary N) is 2. The third-order valence-corrected chi connectivity index (χ3v) is 2.82. The van der Waals surface area contributed by atoms with Gasteiger partial charge < -0.3 is 10.1 Å². The molecule has 0 saturated carbocycles. The highest BCUT2D eigenvalue weighted by atomic mass is 19.1. The third kappa shape index (κ3) is 8.55. The highest BCUT2D eigenvalue weighted by Crippen LogP contribution is 2.06. The molecule has 0 bridgehead atoms. The molecule has 0 unspecified atom stereocenters. The van der Waals surface area contributed by atoms with Gasteiger partial charge in [0.1, 0.15) is 5.82 Å². The number of carbonyl (C=O) groups excluding carboxylic acids is 3. The van der Waals surface area contributed by atoms with Crippen LogP contribution in [0.2, 0.25) is 0 Å². The lowest BCUT2D eigenvalue weighted by Gasteiger charge is -2.09. The molecule has 6 nitrogen and oxygen atoms in total. The first-order valence-corrected chi connectivity index (χ1v) is 7.34. The highest BCUT2D eigenvalue weighted by molar-refractivity contribution is 5.95. The van der Waals surface area contributed by atoms with E-state index in [4.69, 9.17) is 4.74 Å². The van der Waals surface area contributed by atoms with Gasteiger partial charge in [-0.3, -0.25) is 14.9 Å². The van der Waals surface area contributed by atoms with E-state index in [1.807, 2.05) is 13.8 Å². The molecular weight excluding hydrogens is 303 g/mol. The Morgan fingerprint density at radius 3 is 2.43 bits per heavy atom. The lowest BCUT2D eigenvalue weighted by molar-refractivity contribution is -0.148. The maximum atomic E-state index is 12.7. The van der Waals surface area contributed by atoms with E-state index in [1.54, 1.807) is 12.1 Å². The molecule has 1 aromatic rings. The number of aryl methyl sites for hydroxylation is 1. The smallest absolute Gasteiger partial charge is 0.321 e. The van der Waals surface area contributed by atoms with Crippen molar-refractivity contribution in [1.82, 2.24) is 10.6 Å². The largest absolute Gasteiger partial charge is 0.456 e. The van der Waals surface area contributed by atoms with E-state index in [9.17, 15) is 18.8 Å². The summed E-state index contributed by atoms with van der Waals surface area (Å²) < 4.78 is 17.5. The minimum Gasteiger partial charge on any atom is -0.456 e. The van der Waals surface area contributed by atoms with E-state index in [0.29, 0.717) is 13.0 Å². The average molecular weight is 324 g/mol. The van der Waals surface area contributed by atoms with Crippen LogP contribution >= 0.6 is 0 Å². The summed E-state index contributed by atoms with van der Waals surface area (Å²) in [6.07, 6.45) is 0.452. The Morgan fingerprint density at radius 1 is 1.17 bits per heavy atom. The minimum atomic E-state index is -0.693. The number of rotatable bonds is 7. The fourth-order valence-electron chi connectivity index (χ4n) is 1.62. The first kappa shape index (κ1) is 18.6. The Bertz CT molecular complexity index is 544. The molecule has 7 heteroatoms. The predicted octanol–water partition coefficient (Wildman–Crippen LogP) is 1.78. The quantitative estimate of drug-likeness (QED) is 0.749. The van der Waals surface area contributed by atoms with Crippen LogP contribution in [-0.2, 0) is 20.7 Å². The average Bonchev–Trinajstić information content (AvgIpc) is 2.50. The molecule has 0 fully saturated rings. The fraction of sp³-hybridized carbons (Fsp3) is 0.438. The van der Waals surface area contributed by atoms with Crippen molar-refractivity contribution in [3.63, 3.8) is 0 Å². The van der Waals surface area contributed by atoms with Gasteiger partial charge in [0.25, 0.3) is 5.91 Å². The van der Waals surface area contributed by atoms with Crippen molar-refractivity contribution >= 4 is 17.9 Å². The van der Waals surface area contributed by atoms with Crippen molar-refractivity contribution in [2.75, 3.05) is 13.2 Å². The minimum absolute atomic E-state index is 0.0679. The van der Waals surface area contributed by atoms with Crippen molar-refractivity contribution in [1.29, 1.82) is 0 Å². The summed E-state index contributed by atoms with van der Waals surface area (Å²) in [4.78, 5) is 34.3. The van der Waals surface area contributed by atoms with Crippen molar-refractivity contribution in [3.8, 4) is 0 Å². The van der Waals surface area contributed by atoms with Crippen LogP contribution < -0.4 is 10.6 Å². The molecule has 126 valence electrons. The van der Waals surface area contributed by atoms with Crippen LogP contribution in [0.1, 0.15) is 25.8 Å². The van der Waals surface area contributed by atoms with Crippen LogP contribution in [0.15, 0.2) is 24.3 Å². The van der Waals surface area contributed by atoms with E-state index in [-0.39, 0.29) is 18.2 Å². The molecule has 0 aliphatic rings. The lowest BCUT2D eigenvalue weighted by atomic mass is 10.1. The molecule has 0 aromatic heterocycles. The van der Waals surface area contributed by atoms with E-state index >= 15 is 0 Å². The third-order valence-electron chi connectivity index (χ3n) is 2.82. The zero-order valence-electron chi connectivity index (χ0n) is 13.2. The fourth-order valence-corrected chi connectivity index (χ4v) is 1.62. The summed E-state index contributed by atoms with van der Waals surface area (Å²) in [6.45, 7) is 3.77. The molecule has 2 N–H and O–H groups in total. The topological polar surface area (TPSA) is 84.5 Å². The Morgan fingerprint density at radius 2 is 1.83 bits per heavy atom. The standard InChI is InChI=1S/C16H21FN2O4/c1-11(2)9-18-16(22)19-14(20)10-23-15(21)8-5-12-3-6-13(17)7-4-12/h3-4,6-7,11H,5,8-10H2,1-2H3,(H2,18,19,20,22).